The minimum absolute atomic E-state index is 0.183. The van der Waals surface area contributed by atoms with Crippen molar-refractivity contribution in [2.45, 2.75) is 20.4 Å². The summed E-state index contributed by atoms with van der Waals surface area (Å²) in [5.74, 6) is 0.582. The SMILES string of the molecule is COc1ccccc1NC(=O)N(CCN1CCOCC1)Cc1cc2cc(C)c(C)cc2[nH]c1=O. The fourth-order valence-electron chi connectivity index (χ4n) is 4.13. The third kappa shape index (κ3) is 5.58. The molecule has 2 N–H and O–H groups in total. The Hall–Kier alpha value is -3.36. The van der Waals surface area contributed by atoms with Crippen molar-refractivity contribution in [2.24, 2.45) is 0 Å². The second-order valence-corrected chi connectivity index (χ2v) is 8.65. The maximum atomic E-state index is 13.3. The Morgan fingerprint density at radius 3 is 2.65 bits per heavy atom. The maximum Gasteiger partial charge on any atom is 0.322 e. The zero-order valence-corrected chi connectivity index (χ0v) is 20.0. The molecule has 180 valence electrons. The topological polar surface area (TPSA) is 86.9 Å². The van der Waals surface area contributed by atoms with Crippen molar-refractivity contribution in [1.29, 1.82) is 0 Å². The molecule has 0 unspecified atom stereocenters. The lowest BCUT2D eigenvalue weighted by molar-refractivity contribution is 0.0349. The summed E-state index contributed by atoms with van der Waals surface area (Å²) in [5.41, 5.74) is 4.04. The van der Waals surface area contributed by atoms with Crippen LogP contribution in [-0.4, -0.2) is 67.3 Å². The van der Waals surface area contributed by atoms with E-state index in [1.165, 1.54) is 0 Å². The van der Waals surface area contributed by atoms with Crippen LogP contribution in [-0.2, 0) is 11.3 Å². The molecule has 8 nitrogen and oxygen atoms in total. The number of aromatic nitrogens is 1. The molecular formula is C26H32N4O4. The number of carbonyl (C=O) groups is 1. The first-order valence-electron chi connectivity index (χ1n) is 11.6. The van der Waals surface area contributed by atoms with E-state index in [1.807, 2.05) is 31.2 Å². The number of pyridine rings is 1. The first-order chi connectivity index (χ1) is 16.4. The van der Waals surface area contributed by atoms with Crippen LogP contribution in [0.25, 0.3) is 10.9 Å². The number of aromatic amines is 1. The number of morpholine rings is 1. The Morgan fingerprint density at radius 1 is 1.15 bits per heavy atom. The lowest BCUT2D eigenvalue weighted by atomic mass is 10.0. The van der Waals surface area contributed by atoms with Crippen LogP contribution in [0.5, 0.6) is 5.75 Å². The average molecular weight is 465 g/mol. The van der Waals surface area contributed by atoms with Gasteiger partial charge in [0, 0.05) is 37.3 Å². The highest BCUT2D eigenvalue weighted by molar-refractivity contribution is 5.91. The van der Waals surface area contributed by atoms with Crippen LogP contribution < -0.4 is 15.6 Å². The van der Waals surface area contributed by atoms with Gasteiger partial charge in [0.15, 0.2) is 0 Å². The molecule has 3 aromatic rings. The molecule has 4 rings (SSSR count). The van der Waals surface area contributed by atoms with Crippen molar-refractivity contribution < 1.29 is 14.3 Å². The molecule has 1 aromatic heterocycles. The molecule has 0 saturated carbocycles. The Labute approximate surface area is 199 Å². The van der Waals surface area contributed by atoms with Gasteiger partial charge in [-0.1, -0.05) is 12.1 Å². The zero-order chi connectivity index (χ0) is 24.1. The summed E-state index contributed by atoms with van der Waals surface area (Å²) in [6.45, 7) is 8.49. The normalized spacial score (nSPS) is 14.2. The fraction of sp³-hybridized carbons (Fsp3) is 0.385. The van der Waals surface area contributed by atoms with Crippen LogP contribution in [0.15, 0.2) is 47.3 Å². The van der Waals surface area contributed by atoms with Gasteiger partial charge in [-0.2, -0.15) is 0 Å². The summed E-state index contributed by atoms with van der Waals surface area (Å²) < 4.78 is 10.8. The molecule has 0 radical (unpaired) electrons. The molecule has 2 amide bonds. The van der Waals surface area contributed by atoms with Gasteiger partial charge in [-0.3, -0.25) is 9.69 Å². The lowest BCUT2D eigenvalue weighted by Gasteiger charge is -2.30. The van der Waals surface area contributed by atoms with E-state index in [0.29, 0.717) is 43.3 Å². The number of H-pyrrole nitrogens is 1. The highest BCUT2D eigenvalue weighted by Crippen LogP contribution is 2.24. The zero-order valence-electron chi connectivity index (χ0n) is 20.0. The molecule has 2 heterocycles. The molecule has 1 saturated heterocycles. The highest BCUT2D eigenvalue weighted by Gasteiger charge is 2.20. The first kappa shape index (κ1) is 23.8. The Kier molecular flexibility index (Phi) is 7.49. The van der Waals surface area contributed by atoms with E-state index in [1.54, 1.807) is 24.1 Å². The first-order valence-corrected chi connectivity index (χ1v) is 11.6. The van der Waals surface area contributed by atoms with E-state index in [-0.39, 0.29) is 18.1 Å². The predicted molar refractivity (Wildman–Crippen MR) is 134 cm³/mol. The summed E-state index contributed by atoms with van der Waals surface area (Å²) in [4.78, 5) is 33.2. The molecule has 0 spiro atoms. The van der Waals surface area contributed by atoms with Crippen LogP contribution in [0.2, 0.25) is 0 Å². The third-order valence-electron chi connectivity index (χ3n) is 6.32. The Bertz CT molecular complexity index is 1220. The van der Waals surface area contributed by atoms with Gasteiger partial charge >= 0.3 is 6.03 Å². The molecular weight excluding hydrogens is 432 g/mol. The predicted octanol–water partition coefficient (Wildman–Crippen LogP) is 3.52. The van der Waals surface area contributed by atoms with Gasteiger partial charge in [0.25, 0.3) is 5.56 Å². The lowest BCUT2D eigenvalue weighted by Crippen LogP contribution is -2.44. The number of nitrogens with one attached hydrogen (secondary N) is 2. The number of fused-ring (bicyclic) bond motifs is 1. The fourth-order valence-corrected chi connectivity index (χ4v) is 4.13. The minimum atomic E-state index is -0.280. The van der Waals surface area contributed by atoms with Crippen LogP contribution in [0, 0.1) is 13.8 Å². The van der Waals surface area contributed by atoms with E-state index in [9.17, 15) is 9.59 Å². The van der Waals surface area contributed by atoms with Gasteiger partial charge in [-0.15, -0.1) is 0 Å². The number of aryl methyl sites for hydroxylation is 2. The number of rotatable bonds is 7. The number of nitrogens with zero attached hydrogens (tertiary/aromatic N) is 2. The number of ether oxygens (including phenoxy) is 2. The molecule has 1 aliphatic heterocycles. The second-order valence-electron chi connectivity index (χ2n) is 8.65. The smallest absolute Gasteiger partial charge is 0.322 e. The number of para-hydroxylation sites is 2. The van der Waals surface area contributed by atoms with Crippen molar-refractivity contribution in [3.63, 3.8) is 0 Å². The number of carbonyl (C=O) groups excluding carboxylic acids is 1. The van der Waals surface area contributed by atoms with Crippen LogP contribution >= 0.6 is 0 Å². The van der Waals surface area contributed by atoms with Gasteiger partial charge in [-0.05, 0) is 60.7 Å². The molecule has 8 heteroatoms. The summed E-state index contributed by atoms with van der Waals surface area (Å²) in [5, 5.41) is 3.90. The van der Waals surface area contributed by atoms with Crippen LogP contribution in [0.3, 0.4) is 0 Å². The average Bonchev–Trinajstić information content (AvgIpc) is 2.84. The second kappa shape index (κ2) is 10.7. The van der Waals surface area contributed by atoms with Gasteiger partial charge in [-0.25, -0.2) is 4.79 Å². The highest BCUT2D eigenvalue weighted by atomic mass is 16.5. The van der Waals surface area contributed by atoms with Gasteiger partial charge in [0.1, 0.15) is 5.75 Å². The Balaban J connectivity index is 1.59. The van der Waals surface area contributed by atoms with E-state index >= 15 is 0 Å². The van der Waals surface area contributed by atoms with Crippen molar-refractivity contribution in [2.75, 3.05) is 51.8 Å². The summed E-state index contributed by atoms with van der Waals surface area (Å²) in [6, 6.07) is 12.9. The number of urea groups is 1. The number of benzene rings is 2. The molecule has 34 heavy (non-hydrogen) atoms. The van der Waals surface area contributed by atoms with Crippen LogP contribution in [0.1, 0.15) is 16.7 Å². The molecule has 0 bridgehead atoms. The van der Waals surface area contributed by atoms with E-state index in [0.717, 1.165) is 35.1 Å². The summed E-state index contributed by atoms with van der Waals surface area (Å²) in [7, 11) is 1.57. The number of hydrogen-bond donors (Lipinski definition) is 2. The number of amides is 2. The Morgan fingerprint density at radius 2 is 1.88 bits per heavy atom. The molecule has 0 atom stereocenters. The summed E-state index contributed by atoms with van der Waals surface area (Å²) in [6.07, 6.45) is 0. The number of hydrogen-bond acceptors (Lipinski definition) is 5. The van der Waals surface area contributed by atoms with E-state index < -0.39 is 0 Å². The number of anilines is 1. The number of methoxy groups -OCH3 is 1. The van der Waals surface area contributed by atoms with Gasteiger partial charge in [0.2, 0.25) is 0 Å². The van der Waals surface area contributed by atoms with Gasteiger partial charge in [0.05, 0.1) is 32.6 Å². The molecule has 0 aliphatic carbocycles. The monoisotopic (exact) mass is 464 g/mol. The van der Waals surface area contributed by atoms with Gasteiger partial charge < -0.3 is 24.7 Å². The maximum absolute atomic E-state index is 13.3. The van der Waals surface area contributed by atoms with Crippen molar-refractivity contribution in [3.8, 4) is 5.75 Å². The third-order valence-corrected chi connectivity index (χ3v) is 6.32. The van der Waals surface area contributed by atoms with Crippen molar-refractivity contribution in [3.05, 3.63) is 69.5 Å². The quantitative estimate of drug-likeness (QED) is 0.559. The van der Waals surface area contributed by atoms with E-state index in [4.69, 9.17) is 9.47 Å². The van der Waals surface area contributed by atoms with Crippen molar-refractivity contribution in [1.82, 2.24) is 14.8 Å². The van der Waals surface area contributed by atoms with Crippen molar-refractivity contribution >= 4 is 22.6 Å². The standard InChI is InChI=1S/C26H32N4O4/c1-18-14-20-16-21(25(31)27-23(20)15-19(18)2)17-30(9-8-29-10-12-34-13-11-29)26(32)28-22-6-4-5-7-24(22)33-3/h4-7,14-16H,8-13,17H2,1-3H3,(H,27,31)(H,28,32). The molecule has 2 aromatic carbocycles. The molecule has 1 aliphatic rings. The van der Waals surface area contributed by atoms with E-state index in [2.05, 4.69) is 28.2 Å². The molecule has 1 fully saturated rings. The van der Waals surface area contributed by atoms with Crippen LogP contribution in [0.4, 0.5) is 10.5 Å². The largest absolute Gasteiger partial charge is 0.495 e. The summed E-state index contributed by atoms with van der Waals surface area (Å²) >= 11 is 0. The minimum Gasteiger partial charge on any atom is -0.495 e.